The average Bonchev–Trinajstić information content (AvgIpc) is 3.09. The number of fused-ring (bicyclic) bond motifs is 3. The topological polar surface area (TPSA) is 81.5 Å². The molecule has 2 aliphatic rings. The highest BCUT2D eigenvalue weighted by atomic mass is 16.6. The molecule has 7 heteroatoms. The van der Waals surface area contributed by atoms with Gasteiger partial charge in [0.05, 0.1) is 23.8 Å². The maximum absolute atomic E-state index is 12.4. The third-order valence-corrected chi connectivity index (χ3v) is 4.18. The molecule has 2 bridgehead atoms. The summed E-state index contributed by atoms with van der Waals surface area (Å²) in [5, 5.41) is 0.472. The van der Waals surface area contributed by atoms with E-state index in [0.29, 0.717) is 23.9 Å². The third kappa shape index (κ3) is 1.89. The zero-order chi connectivity index (χ0) is 15.3. The number of hydrogen-bond acceptors (Lipinski definition) is 5. The summed E-state index contributed by atoms with van der Waals surface area (Å²) in [6.45, 7) is 0.290. The molecule has 0 N–H and O–H groups in total. The summed E-state index contributed by atoms with van der Waals surface area (Å²) < 4.78 is 6.34. The molecule has 3 heterocycles. The first-order valence-electron chi connectivity index (χ1n) is 7.07. The molecule has 22 heavy (non-hydrogen) atoms. The number of para-hydroxylation sites is 1. The second-order valence-electron chi connectivity index (χ2n) is 5.55. The summed E-state index contributed by atoms with van der Waals surface area (Å²) >= 11 is 0. The summed E-state index contributed by atoms with van der Waals surface area (Å²) in [4.78, 5) is 42.0. The number of nitrogens with zero attached hydrogens (tertiary/aromatic N) is 3. The van der Waals surface area contributed by atoms with Crippen LogP contribution in [-0.2, 0) is 20.9 Å². The Hall–Kier alpha value is -2.70. The van der Waals surface area contributed by atoms with Crippen LogP contribution in [0.15, 0.2) is 35.4 Å². The molecule has 1 aromatic carbocycles. The Balaban J connectivity index is 1.61. The average molecular weight is 299 g/mol. The van der Waals surface area contributed by atoms with Crippen molar-refractivity contribution in [3.05, 3.63) is 40.9 Å². The van der Waals surface area contributed by atoms with Gasteiger partial charge in [-0.05, 0) is 12.1 Å². The Morgan fingerprint density at radius 1 is 1.32 bits per heavy atom. The fraction of sp³-hybridized carbons (Fsp3) is 0.333. The van der Waals surface area contributed by atoms with Crippen LogP contribution in [0.1, 0.15) is 6.42 Å². The number of morpholine rings is 1. The molecule has 0 spiro atoms. The van der Waals surface area contributed by atoms with Gasteiger partial charge < -0.3 is 9.64 Å². The molecule has 0 radical (unpaired) electrons. The van der Waals surface area contributed by atoms with Crippen molar-refractivity contribution in [1.29, 1.82) is 0 Å². The number of ether oxygens (including phenoxy) is 1. The molecule has 0 saturated carbocycles. The Bertz CT molecular complexity index is 844. The predicted octanol–water partition coefficient (Wildman–Crippen LogP) is -0.0772. The number of carbonyl (C=O) groups excluding carboxylic acids is 2. The van der Waals surface area contributed by atoms with Gasteiger partial charge in [-0.2, -0.15) is 0 Å². The molecule has 1 amide bonds. The van der Waals surface area contributed by atoms with Gasteiger partial charge in [-0.25, -0.2) is 9.78 Å². The molecule has 0 unspecified atom stereocenters. The van der Waals surface area contributed by atoms with E-state index in [2.05, 4.69) is 4.98 Å². The summed E-state index contributed by atoms with van der Waals surface area (Å²) in [6, 6.07) is 6.49. The van der Waals surface area contributed by atoms with E-state index in [1.54, 1.807) is 24.3 Å². The smallest absolute Gasteiger partial charge is 0.329 e. The van der Waals surface area contributed by atoms with Gasteiger partial charge in [-0.1, -0.05) is 12.1 Å². The quantitative estimate of drug-likeness (QED) is 0.725. The monoisotopic (exact) mass is 299 g/mol. The molecule has 2 atom stereocenters. The molecule has 0 aliphatic carbocycles. The van der Waals surface area contributed by atoms with E-state index in [1.165, 1.54) is 15.8 Å². The van der Waals surface area contributed by atoms with Gasteiger partial charge in [0.25, 0.3) is 5.56 Å². The predicted molar refractivity (Wildman–Crippen MR) is 76.0 cm³/mol. The molecule has 2 aliphatic heterocycles. The molecule has 2 saturated heterocycles. The largest absolute Gasteiger partial charge is 0.459 e. The minimum atomic E-state index is -0.499. The number of amides is 1. The molecule has 7 nitrogen and oxygen atoms in total. The summed E-state index contributed by atoms with van der Waals surface area (Å²) in [6.07, 6.45) is 1.72. The highest BCUT2D eigenvalue weighted by Gasteiger charge is 2.48. The minimum Gasteiger partial charge on any atom is -0.459 e. The van der Waals surface area contributed by atoms with Gasteiger partial charge in [0, 0.05) is 6.42 Å². The molecular formula is C15H13N3O4. The van der Waals surface area contributed by atoms with E-state index in [-0.39, 0.29) is 30.1 Å². The Morgan fingerprint density at radius 2 is 2.14 bits per heavy atom. The first kappa shape index (κ1) is 13.0. The molecule has 2 fully saturated rings. The molecular weight excluding hydrogens is 286 g/mol. The standard InChI is InChI=1S/C15H13N3O4/c19-13(18-6-9-5-12(18)15(21)22-9)7-17-8-16-11-4-2-1-3-10(11)14(17)20/h1-4,8-9,12H,5-7H2/t9-,12+/m0/s1. The fourth-order valence-corrected chi connectivity index (χ4v) is 3.08. The van der Waals surface area contributed by atoms with Crippen LogP contribution in [0.3, 0.4) is 0 Å². The molecule has 1 aromatic heterocycles. The molecule has 2 aromatic rings. The van der Waals surface area contributed by atoms with Crippen LogP contribution in [0.5, 0.6) is 0 Å². The van der Waals surface area contributed by atoms with Crippen molar-refractivity contribution < 1.29 is 14.3 Å². The van der Waals surface area contributed by atoms with Gasteiger partial charge in [0.1, 0.15) is 18.7 Å². The molecule has 112 valence electrons. The number of rotatable bonds is 2. The number of aromatic nitrogens is 2. The first-order valence-corrected chi connectivity index (χ1v) is 7.07. The van der Waals surface area contributed by atoms with Crippen molar-refractivity contribution in [3.63, 3.8) is 0 Å². The van der Waals surface area contributed by atoms with Crippen LogP contribution in [0.25, 0.3) is 10.9 Å². The summed E-state index contributed by atoms with van der Waals surface area (Å²) in [7, 11) is 0. The highest BCUT2D eigenvalue weighted by Crippen LogP contribution is 2.29. The second kappa shape index (κ2) is 4.66. The number of likely N-dealkylation sites (tertiary alicyclic amines) is 1. The van der Waals surface area contributed by atoms with Crippen LogP contribution in [0, 0.1) is 0 Å². The fourth-order valence-electron chi connectivity index (χ4n) is 3.08. The highest BCUT2D eigenvalue weighted by molar-refractivity contribution is 5.87. The number of carbonyl (C=O) groups is 2. The van der Waals surface area contributed by atoms with Gasteiger partial charge in [-0.15, -0.1) is 0 Å². The van der Waals surface area contributed by atoms with Crippen LogP contribution in [-0.4, -0.2) is 45.0 Å². The normalized spacial score (nSPS) is 23.1. The van der Waals surface area contributed by atoms with E-state index >= 15 is 0 Å². The van der Waals surface area contributed by atoms with Crippen LogP contribution in [0.4, 0.5) is 0 Å². The zero-order valence-electron chi connectivity index (χ0n) is 11.6. The SMILES string of the molecule is O=C1O[C@H]2C[C@H]1N(C(=O)Cn1cnc3ccccc3c1=O)C2. The number of benzene rings is 1. The maximum atomic E-state index is 12.4. The lowest BCUT2D eigenvalue weighted by Crippen LogP contribution is -2.46. The summed E-state index contributed by atoms with van der Waals surface area (Å²) in [5.74, 6) is -0.614. The van der Waals surface area contributed by atoms with Crippen molar-refractivity contribution in [1.82, 2.24) is 14.5 Å². The third-order valence-electron chi connectivity index (χ3n) is 4.18. The van der Waals surface area contributed by atoms with Crippen molar-refractivity contribution in [2.45, 2.75) is 25.1 Å². The number of hydrogen-bond donors (Lipinski definition) is 0. The summed E-state index contributed by atoms with van der Waals surface area (Å²) in [5.41, 5.74) is 0.339. The lowest BCUT2D eigenvalue weighted by molar-refractivity contribution is -0.157. The van der Waals surface area contributed by atoms with Gasteiger partial charge in [0.15, 0.2) is 0 Å². The Labute approximate surface area is 125 Å². The Kier molecular flexibility index (Phi) is 2.75. The van der Waals surface area contributed by atoms with E-state index in [0.717, 1.165) is 0 Å². The van der Waals surface area contributed by atoms with Gasteiger partial charge >= 0.3 is 5.97 Å². The van der Waals surface area contributed by atoms with Crippen molar-refractivity contribution in [2.75, 3.05) is 6.54 Å². The first-order chi connectivity index (χ1) is 10.6. The van der Waals surface area contributed by atoms with E-state index < -0.39 is 6.04 Å². The number of esters is 1. The second-order valence-corrected chi connectivity index (χ2v) is 5.55. The van der Waals surface area contributed by atoms with E-state index in [1.807, 2.05) is 0 Å². The van der Waals surface area contributed by atoms with E-state index in [4.69, 9.17) is 4.74 Å². The molecule has 4 rings (SSSR count). The van der Waals surface area contributed by atoms with Gasteiger partial charge in [0.2, 0.25) is 5.91 Å². The van der Waals surface area contributed by atoms with Crippen molar-refractivity contribution in [3.8, 4) is 0 Å². The van der Waals surface area contributed by atoms with Crippen LogP contribution in [0.2, 0.25) is 0 Å². The van der Waals surface area contributed by atoms with E-state index in [9.17, 15) is 14.4 Å². The lowest BCUT2D eigenvalue weighted by atomic mass is 10.2. The van der Waals surface area contributed by atoms with Crippen molar-refractivity contribution >= 4 is 22.8 Å². The van der Waals surface area contributed by atoms with Crippen molar-refractivity contribution in [2.24, 2.45) is 0 Å². The zero-order valence-corrected chi connectivity index (χ0v) is 11.6. The lowest BCUT2D eigenvalue weighted by Gasteiger charge is -2.25. The van der Waals surface area contributed by atoms with Crippen LogP contribution < -0.4 is 5.56 Å². The minimum absolute atomic E-state index is 0.118. The van der Waals surface area contributed by atoms with Gasteiger partial charge in [-0.3, -0.25) is 14.2 Å². The van der Waals surface area contributed by atoms with Crippen LogP contribution >= 0.6 is 0 Å². The maximum Gasteiger partial charge on any atom is 0.329 e. The Morgan fingerprint density at radius 3 is 2.91 bits per heavy atom.